The molecule has 1 atom stereocenters. The second-order valence-electron chi connectivity index (χ2n) is 5.27. The minimum absolute atomic E-state index is 0.582. The molecule has 2 heterocycles. The maximum atomic E-state index is 4.49. The smallest absolute Gasteiger partial charge is 0.132 e. The molecule has 1 fully saturated rings. The van der Waals surface area contributed by atoms with E-state index in [0.717, 1.165) is 38.3 Å². The van der Waals surface area contributed by atoms with E-state index >= 15 is 0 Å². The van der Waals surface area contributed by atoms with Crippen molar-refractivity contribution in [3.63, 3.8) is 0 Å². The molecule has 4 heteroatoms. The lowest BCUT2D eigenvalue weighted by atomic mass is 10.0. The normalized spacial score (nSPS) is 19.7. The molecule has 0 amide bonds. The molecule has 1 saturated heterocycles. The predicted molar refractivity (Wildman–Crippen MR) is 79.6 cm³/mol. The van der Waals surface area contributed by atoms with Gasteiger partial charge in [0.2, 0.25) is 0 Å². The van der Waals surface area contributed by atoms with Crippen molar-refractivity contribution in [2.75, 3.05) is 24.5 Å². The second-order valence-corrected chi connectivity index (χ2v) is 5.27. The summed E-state index contributed by atoms with van der Waals surface area (Å²) in [6.45, 7) is 7.57. The van der Waals surface area contributed by atoms with E-state index in [0.29, 0.717) is 6.04 Å². The third kappa shape index (κ3) is 3.90. The fourth-order valence-corrected chi connectivity index (χ4v) is 2.76. The van der Waals surface area contributed by atoms with Crippen LogP contribution < -0.4 is 10.2 Å². The van der Waals surface area contributed by atoms with E-state index in [1.807, 2.05) is 0 Å². The van der Waals surface area contributed by atoms with Gasteiger partial charge in [0, 0.05) is 30.9 Å². The van der Waals surface area contributed by atoms with Crippen molar-refractivity contribution < 1.29 is 0 Å². The van der Waals surface area contributed by atoms with Gasteiger partial charge in [-0.25, -0.2) is 9.97 Å². The Labute approximate surface area is 116 Å². The third-order valence-electron chi connectivity index (χ3n) is 3.77. The van der Waals surface area contributed by atoms with Crippen LogP contribution in [-0.4, -0.2) is 35.6 Å². The number of rotatable bonds is 6. The Balaban J connectivity index is 2.09. The molecule has 0 aliphatic carbocycles. The van der Waals surface area contributed by atoms with Gasteiger partial charge in [0.05, 0.1) is 0 Å². The van der Waals surface area contributed by atoms with E-state index in [9.17, 15) is 0 Å². The Morgan fingerprint density at radius 3 is 3.00 bits per heavy atom. The van der Waals surface area contributed by atoms with Crippen molar-refractivity contribution in [2.24, 2.45) is 0 Å². The molecule has 19 heavy (non-hydrogen) atoms. The van der Waals surface area contributed by atoms with Gasteiger partial charge in [-0.2, -0.15) is 0 Å². The average molecular weight is 262 g/mol. The largest absolute Gasteiger partial charge is 0.352 e. The summed E-state index contributed by atoms with van der Waals surface area (Å²) < 4.78 is 0. The van der Waals surface area contributed by atoms with Crippen LogP contribution in [0.15, 0.2) is 12.4 Å². The molecular formula is C15H26N4. The lowest BCUT2D eigenvalue weighted by Gasteiger charge is -2.37. The van der Waals surface area contributed by atoms with Crippen LogP contribution >= 0.6 is 0 Å². The molecule has 1 unspecified atom stereocenters. The Morgan fingerprint density at radius 1 is 1.32 bits per heavy atom. The number of aromatic nitrogens is 2. The molecular weight excluding hydrogens is 236 g/mol. The lowest BCUT2D eigenvalue weighted by Crippen LogP contribution is -2.46. The zero-order chi connectivity index (χ0) is 13.5. The Morgan fingerprint density at radius 2 is 2.21 bits per heavy atom. The van der Waals surface area contributed by atoms with Crippen molar-refractivity contribution in [1.82, 2.24) is 15.3 Å². The first kappa shape index (κ1) is 14.3. The Kier molecular flexibility index (Phi) is 5.58. The second kappa shape index (κ2) is 7.43. The maximum absolute atomic E-state index is 4.49. The van der Waals surface area contributed by atoms with Gasteiger partial charge in [-0.15, -0.1) is 0 Å². The van der Waals surface area contributed by atoms with Gasteiger partial charge in [0.15, 0.2) is 0 Å². The lowest BCUT2D eigenvalue weighted by molar-refractivity contribution is 0.436. The monoisotopic (exact) mass is 262 g/mol. The minimum atomic E-state index is 0.582. The number of nitrogens with one attached hydrogen (secondary N) is 1. The quantitative estimate of drug-likeness (QED) is 0.854. The van der Waals surface area contributed by atoms with E-state index < -0.39 is 0 Å². The van der Waals surface area contributed by atoms with E-state index in [1.165, 1.54) is 25.0 Å². The van der Waals surface area contributed by atoms with E-state index in [2.05, 4.69) is 40.1 Å². The third-order valence-corrected chi connectivity index (χ3v) is 3.77. The van der Waals surface area contributed by atoms with Gasteiger partial charge in [-0.3, -0.25) is 0 Å². The van der Waals surface area contributed by atoms with Crippen LogP contribution in [0.2, 0.25) is 0 Å². The van der Waals surface area contributed by atoms with Gasteiger partial charge < -0.3 is 10.2 Å². The summed E-state index contributed by atoms with van der Waals surface area (Å²) in [7, 11) is 0. The van der Waals surface area contributed by atoms with Crippen LogP contribution in [0.3, 0.4) is 0 Å². The number of anilines is 1. The molecule has 0 radical (unpaired) electrons. The molecule has 0 aromatic carbocycles. The van der Waals surface area contributed by atoms with Crippen molar-refractivity contribution in [3.8, 4) is 0 Å². The molecule has 1 N–H and O–H groups in total. The average Bonchev–Trinajstić information content (AvgIpc) is 2.46. The van der Waals surface area contributed by atoms with Crippen LogP contribution in [0.5, 0.6) is 0 Å². The topological polar surface area (TPSA) is 41.0 Å². The van der Waals surface area contributed by atoms with Crippen LogP contribution in [0.4, 0.5) is 5.82 Å². The van der Waals surface area contributed by atoms with Crippen molar-refractivity contribution in [1.29, 1.82) is 0 Å². The molecule has 0 saturated carbocycles. The van der Waals surface area contributed by atoms with Crippen molar-refractivity contribution in [3.05, 3.63) is 18.1 Å². The zero-order valence-electron chi connectivity index (χ0n) is 12.2. The standard InChI is InChI=1S/C15H26N4/c1-3-7-13-10-15(18-12-17-13)19-9-6-5-8-14(19)11-16-4-2/h10,12,14,16H,3-9,11H2,1-2H3. The molecule has 1 aromatic heterocycles. The summed E-state index contributed by atoms with van der Waals surface area (Å²) >= 11 is 0. The van der Waals surface area contributed by atoms with Crippen LogP contribution in [0.1, 0.15) is 45.2 Å². The van der Waals surface area contributed by atoms with E-state index in [4.69, 9.17) is 0 Å². The van der Waals surface area contributed by atoms with Crippen molar-refractivity contribution >= 4 is 5.82 Å². The molecule has 2 rings (SSSR count). The predicted octanol–water partition coefficient (Wildman–Crippen LogP) is 2.40. The highest BCUT2D eigenvalue weighted by Gasteiger charge is 2.23. The highest BCUT2D eigenvalue weighted by atomic mass is 15.2. The highest BCUT2D eigenvalue weighted by Crippen LogP contribution is 2.23. The molecule has 1 aromatic rings. The van der Waals surface area contributed by atoms with Gasteiger partial charge in [0.25, 0.3) is 0 Å². The SMILES string of the molecule is CCCc1cc(N2CCCCC2CNCC)ncn1. The first-order valence-electron chi connectivity index (χ1n) is 7.63. The number of piperidine rings is 1. The minimum Gasteiger partial charge on any atom is -0.352 e. The Hall–Kier alpha value is -1.16. The number of aryl methyl sites for hydroxylation is 1. The number of hydrogen-bond acceptors (Lipinski definition) is 4. The Bertz CT molecular complexity index is 380. The number of hydrogen-bond donors (Lipinski definition) is 1. The van der Waals surface area contributed by atoms with Gasteiger partial charge >= 0.3 is 0 Å². The molecule has 1 aliphatic heterocycles. The fourth-order valence-electron chi connectivity index (χ4n) is 2.76. The molecule has 1 aliphatic rings. The molecule has 106 valence electrons. The molecule has 0 spiro atoms. The van der Waals surface area contributed by atoms with Gasteiger partial charge in [-0.1, -0.05) is 20.3 Å². The summed E-state index contributed by atoms with van der Waals surface area (Å²) in [5.74, 6) is 1.11. The van der Waals surface area contributed by atoms with Crippen LogP contribution in [0.25, 0.3) is 0 Å². The van der Waals surface area contributed by atoms with Crippen LogP contribution in [0, 0.1) is 0 Å². The van der Waals surface area contributed by atoms with Gasteiger partial charge in [0.1, 0.15) is 12.1 Å². The fraction of sp³-hybridized carbons (Fsp3) is 0.733. The number of likely N-dealkylation sites (N-methyl/N-ethyl adjacent to an activating group) is 1. The first-order chi connectivity index (χ1) is 9.35. The first-order valence-corrected chi connectivity index (χ1v) is 7.63. The molecule has 4 nitrogen and oxygen atoms in total. The van der Waals surface area contributed by atoms with Crippen LogP contribution in [-0.2, 0) is 6.42 Å². The summed E-state index contributed by atoms with van der Waals surface area (Å²) in [5.41, 5.74) is 1.17. The van der Waals surface area contributed by atoms with E-state index in [1.54, 1.807) is 6.33 Å². The van der Waals surface area contributed by atoms with Gasteiger partial charge in [-0.05, 0) is 32.2 Å². The van der Waals surface area contributed by atoms with E-state index in [-0.39, 0.29) is 0 Å². The molecule has 0 bridgehead atoms. The highest BCUT2D eigenvalue weighted by molar-refractivity contribution is 5.41. The summed E-state index contributed by atoms with van der Waals surface area (Å²) in [6.07, 6.45) is 7.77. The summed E-state index contributed by atoms with van der Waals surface area (Å²) in [4.78, 5) is 11.3. The number of nitrogens with zero attached hydrogens (tertiary/aromatic N) is 3. The zero-order valence-corrected chi connectivity index (χ0v) is 12.2. The summed E-state index contributed by atoms with van der Waals surface area (Å²) in [6, 6.07) is 2.76. The summed E-state index contributed by atoms with van der Waals surface area (Å²) in [5, 5.41) is 3.47. The van der Waals surface area contributed by atoms with Crippen molar-refractivity contribution in [2.45, 2.75) is 52.0 Å². The maximum Gasteiger partial charge on any atom is 0.132 e.